The number of rotatable bonds is 9. The van der Waals surface area contributed by atoms with Crippen LogP contribution in [-0.4, -0.2) is 6.54 Å². The van der Waals surface area contributed by atoms with E-state index in [-0.39, 0.29) is 0 Å². The molecular weight excluding hydrogens is 218 g/mol. The number of allylic oxidation sites excluding steroid dienone is 7. The summed E-state index contributed by atoms with van der Waals surface area (Å²) in [7, 11) is 0. The first kappa shape index (κ1) is 14.8. The van der Waals surface area contributed by atoms with E-state index in [1.165, 1.54) is 42.5 Å². The van der Waals surface area contributed by atoms with Crippen molar-refractivity contribution in [3.05, 3.63) is 47.2 Å². The summed E-state index contributed by atoms with van der Waals surface area (Å²) in [4.78, 5) is 0. The van der Waals surface area contributed by atoms with Gasteiger partial charge in [-0.15, -0.1) is 0 Å². The molecule has 18 heavy (non-hydrogen) atoms. The van der Waals surface area contributed by atoms with Gasteiger partial charge in [0.2, 0.25) is 0 Å². The minimum Gasteiger partial charge on any atom is -0.389 e. The minimum atomic E-state index is 0.996. The maximum atomic E-state index is 3.92. The zero-order chi connectivity index (χ0) is 13.4. The Morgan fingerprint density at radius 3 is 2.56 bits per heavy atom. The van der Waals surface area contributed by atoms with Crippen LogP contribution < -0.4 is 5.32 Å². The minimum absolute atomic E-state index is 0.996. The molecule has 0 radical (unpaired) electrons. The van der Waals surface area contributed by atoms with Crippen LogP contribution in [0.5, 0.6) is 0 Å². The summed E-state index contributed by atoms with van der Waals surface area (Å²) in [5, 5.41) is 3.45. The summed E-state index contributed by atoms with van der Waals surface area (Å²) in [6.45, 7) is 11.5. The molecule has 1 aliphatic rings. The lowest BCUT2D eigenvalue weighted by Crippen LogP contribution is -2.11. The van der Waals surface area contributed by atoms with Crippen molar-refractivity contribution < 1.29 is 0 Å². The highest BCUT2D eigenvalue weighted by atomic mass is 14.9. The fourth-order valence-corrected chi connectivity index (χ4v) is 2.12. The second-order valence-electron chi connectivity index (χ2n) is 4.76. The molecule has 0 aromatic heterocycles. The van der Waals surface area contributed by atoms with Gasteiger partial charge in [0.1, 0.15) is 0 Å². The van der Waals surface area contributed by atoms with Gasteiger partial charge in [-0.3, -0.25) is 0 Å². The van der Waals surface area contributed by atoms with Gasteiger partial charge in [0.05, 0.1) is 0 Å². The summed E-state index contributed by atoms with van der Waals surface area (Å²) in [5.74, 6) is 0. The van der Waals surface area contributed by atoms with Crippen molar-refractivity contribution >= 4 is 0 Å². The van der Waals surface area contributed by atoms with Crippen molar-refractivity contribution in [1.29, 1.82) is 0 Å². The van der Waals surface area contributed by atoms with E-state index >= 15 is 0 Å². The molecule has 0 heterocycles. The molecule has 0 atom stereocenters. The average Bonchev–Trinajstić information content (AvgIpc) is 3.16. The first-order chi connectivity index (χ1) is 8.76. The largest absolute Gasteiger partial charge is 0.389 e. The fraction of sp³-hybridized carbons (Fsp3) is 0.529. The van der Waals surface area contributed by atoms with E-state index in [2.05, 4.69) is 44.8 Å². The lowest BCUT2D eigenvalue weighted by molar-refractivity contribution is 0.716. The van der Waals surface area contributed by atoms with Gasteiger partial charge in [-0.2, -0.15) is 0 Å². The molecule has 1 nitrogen and oxygen atoms in total. The lowest BCUT2D eigenvalue weighted by atomic mass is 10.1. The Bertz CT molecular complexity index is 369. The van der Waals surface area contributed by atoms with Crippen LogP contribution in [-0.2, 0) is 0 Å². The molecule has 1 N–H and O–H groups in total. The normalized spacial score (nSPS) is 15.9. The van der Waals surface area contributed by atoms with Crippen LogP contribution in [0.25, 0.3) is 0 Å². The standard InChI is InChI=1S/C17H27N/c1-5-9-10-16(18-8-4)12-11-14(6-2)17-13-15(17)7-3/h6,11-12,18H,2,5,7-10,13H2,1,3-4H3/b14-11+,16-12+. The zero-order valence-electron chi connectivity index (χ0n) is 12.2. The molecule has 0 bridgehead atoms. The van der Waals surface area contributed by atoms with E-state index < -0.39 is 0 Å². The van der Waals surface area contributed by atoms with Gasteiger partial charge >= 0.3 is 0 Å². The van der Waals surface area contributed by atoms with Crippen LogP contribution in [0.3, 0.4) is 0 Å². The smallest absolute Gasteiger partial charge is 0.0115 e. The van der Waals surface area contributed by atoms with E-state index in [0.29, 0.717) is 0 Å². The van der Waals surface area contributed by atoms with Crippen LogP contribution in [0, 0.1) is 0 Å². The van der Waals surface area contributed by atoms with E-state index in [0.717, 1.165) is 13.0 Å². The number of unbranched alkanes of at least 4 members (excludes halogenated alkanes) is 1. The summed E-state index contributed by atoms with van der Waals surface area (Å²) in [6, 6.07) is 0. The number of hydrogen-bond donors (Lipinski definition) is 1. The molecule has 0 amide bonds. The molecule has 0 unspecified atom stereocenters. The van der Waals surface area contributed by atoms with Crippen LogP contribution in [0.15, 0.2) is 47.2 Å². The van der Waals surface area contributed by atoms with Crippen LogP contribution in [0.2, 0.25) is 0 Å². The Hall–Kier alpha value is -1.24. The predicted molar refractivity (Wildman–Crippen MR) is 81.5 cm³/mol. The Kier molecular flexibility index (Phi) is 6.56. The van der Waals surface area contributed by atoms with Gasteiger partial charge in [-0.05, 0) is 49.8 Å². The maximum absolute atomic E-state index is 3.92. The van der Waals surface area contributed by atoms with E-state index in [1.807, 2.05) is 6.08 Å². The highest BCUT2D eigenvalue weighted by Crippen LogP contribution is 2.39. The number of hydrogen-bond acceptors (Lipinski definition) is 1. The SMILES string of the molecule is C=C/C(=C\C=C(/CCCC)NCC)C1=C(CC)C1. The van der Waals surface area contributed by atoms with Crippen LogP contribution in [0.4, 0.5) is 0 Å². The van der Waals surface area contributed by atoms with E-state index in [4.69, 9.17) is 0 Å². The number of nitrogens with one attached hydrogen (secondary N) is 1. The Balaban J connectivity index is 2.71. The summed E-state index contributed by atoms with van der Waals surface area (Å²) in [5.41, 5.74) is 5.75. The summed E-state index contributed by atoms with van der Waals surface area (Å²) < 4.78 is 0. The summed E-state index contributed by atoms with van der Waals surface area (Å²) >= 11 is 0. The quantitative estimate of drug-likeness (QED) is 0.570. The van der Waals surface area contributed by atoms with Crippen molar-refractivity contribution in [3.8, 4) is 0 Å². The second-order valence-corrected chi connectivity index (χ2v) is 4.76. The monoisotopic (exact) mass is 245 g/mol. The third-order valence-corrected chi connectivity index (χ3v) is 3.35. The topological polar surface area (TPSA) is 12.0 Å². The molecule has 0 fully saturated rings. The Morgan fingerprint density at radius 2 is 2.06 bits per heavy atom. The zero-order valence-corrected chi connectivity index (χ0v) is 12.2. The first-order valence-electron chi connectivity index (χ1n) is 7.25. The van der Waals surface area contributed by atoms with Gasteiger partial charge < -0.3 is 5.32 Å². The third-order valence-electron chi connectivity index (χ3n) is 3.35. The lowest BCUT2D eigenvalue weighted by Gasteiger charge is -2.07. The van der Waals surface area contributed by atoms with Gasteiger partial charge in [-0.25, -0.2) is 0 Å². The van der Waals surface area contributed by atoms with Crippen LogP contribution in [0.1, 0.15) is 52.9 Å². The molecular formula is C17H27N. The molecule has 0 spiro atoms. The molecule has 0 aromatic rings. The molecule has 0 saturated heterocycles. The van der Waals surface area contributed by atoms with Gasteiger partial charge in [0, 0.05) is 12.2 Å². The maximum Gasteiger partial charge on any atom is 0.0115 e. The molecule has 1 rings (SSSR count). The Labute approximate surface area is 112 Å². The van der Waals surface area contributed by atoms with Gasteiger partial charge in [0.15, 0.2) is 0 Å². The van der Waals surface area contributed by atoms with Crippen molar-refractivity contribution in [2.75, 3.05) is 6.54 Å². The Morgan fingerprint density at radius 1 is 1.28 bits per heavy atom. The fourth-order valence-electron chi connectivity index (χ4n) is 2.12. The van der Waals surface area contributed by atoms with Gasteiger partial charge in [0.25, 0.3) is 0 Å². The first-order valence-corrected chi connectivity index (χ1v) is 7.25. The second kappa shape index (κ2) is 7.97. The third kappa shape index (κ3) is 4.56. The summed E-state index contributed by atoms with van der Waals surface area (Å²) in [6.07, 6.45) is 12.4. The molecule has 1 heteroatoms. The molecule has 0 saturated carbocycles. The molecule has 0 aromatic carbocycles. The van der Waals surface area contributed by atoms with E-state index in [9.17, 15) is 0 Å². The van der Waals surface area contributed by atoms with Gasteiger partial charge in [-0.1, -0.05) is 44.6 Å². The predicted octanol–water partition coefficient (Wildman–Crippen LogP) is 4.89. The van der Waals surface area contributed by atoms with Crippen molar-refractivity contribution in [2.24, 2.45) is 0 Å². The average molecular weight is 245 g/mol. The molecule has 1 aliphatic carbocycles. The molecule has 100 valence electrons. The highest BCUT2D eigenvalue weighted by Gasteiger charge is 2.20. The van der Waals surface area contributed by atoms with Crippen molar-refractivity contribution in [1.82, 2.24) is 5.32 Å². The van der Waals surface area contributed by atoms with E-state index in [1.54, 1.807) is 5.57 Å². The van der Waals surface area contributed by atoms with Crippen LogP contribution >= 0.6 is 0 Å². The van der Waals surface area contributed by atoms with Crippen molar-refractivity contribution in [3.63, 3.8) is 0 Å². The molecule has 0 aliphatic heterocycles. The highest BCUT2D eigenvalue weighted by molar-refractivity contribution is 5.55. The van der Waals surface area contributed by atoms with Crippen molar-refractivity contribution in [2.45, 2.75) is 52.9 Å².